The quantitative estimate of drug-likeness (QED) is 0.669. The van der Waals surface area contributed by atoms with Crippen molar-refractivity contribution < 1.29 is 18.8 Å². The summed E-state index contributed by atoms with van der Waals surface area (Å²) >= 11 is 12.2. The van der Waals surface area contributed by atoms with Gasteiger partial charge in [-0.05, 0) is 37.5 Å². The minimum Gasteiger partial charge on any atom is -0.490 e. The molecule has 0 unspecified atom stereocenters. The third kappa shape index (κ3) is 4.18. The summed E-state index contributed by atoms with van der Waals surface area (Å²) in [6, 6.07) is 4.52. The SMILES string of the molecule is NOC1(COc2ccc(F)c3c2CCC(=O)N3)CCN(c2ncc(Cl)cc2Cl)CC1. The van der Waals surface area contributed by atoms with Crippen LogP contribution >= 0.6 is 23.2 Å². The number of amides is 1. The fourth-order valence-corrected chi connectivity index (χ4v) is 4.33. The van der Waals surface area contributed by atoms with E-state index >= 15 is 0 Å². The van der Waals surface area contributed by atoms with E-state index < -0.39 is 11.4 Å². The largest absolute Gasteiger partial charge is 0.490 e. The number of anilines is 2. The molecule has 160 valence electrons. The van der Waals surface area contributed by atoms with Gasteiger partial charge in [0, 0.05) is 31.3 Å². The van der Waals surface area contributed by atoms with Crippen molar-refractivity contribution in [1.82, 2.24) is 4.98 Å². The number of rotatable bonds is 5. The Morgan fingerprint density at radius 3 is 2.73 bits per heavy atom. The third-order valence-electron chi connectivity index (χ3n) is 5.59. The van der Waals surface area contributed by atoms with E-state index in [1.54, 1.807) is 18.3 Å². The van der Waals surface area contributed by atoms with E-state index in [1.165, 1.54) is 6.07 Å². The molecular formula is C20H21Cl2FN4O3. The molecule has 1 saturated heterocycles. The smallest absolute Gasteiger partial charge is 0.224 e. The van der Waals surface area contributed by atoms with E-state index in [0.29, 0.717) is 59.5 Å². The molecule has 1 fully saturated rings. The Morgan fingerprint density at radius 2 is 2.03 bits per heavy atom. The van der Waals surface area contributed by atoms with Crippen LogP contribution in [-0.2, 0) is 16.1 Å². The minimum atomic E-state index is -0.700. The van der Waals surface area contributed by atoms with E-state index in [2.05, 4.69) is 10.3 Å². The zero-order valence-corrected chi connectivity index (χ0v) is 17.6. The van der Waals surface area contributed by atoms with Crippen LogP contribution in [-0.4, -0.2) is 36.2 Å². The molecule has 10 heteroatoms. The van der Waals surface area contributed by atoms with Crippen LogP contribution in [0, 0.1) is 5.82 Å². The molecule has 2 aromatic rings. The van der Waals surface area contributed by atoms with Gasteiger partial charge in [0.1, 0.15) is 29.6 Å². The molecule has 7 nitrogen and oxygen atoms in total. The maximum Gasteiger partial charge on any atom is 0.224 e. The lowest BCUT2D eigenvalue weighted by Crippen LogP contribution is -2.51. The van der Waals surface area contributed by atoms with Crippen molar-refractivity contribution in [2.45, 2.75) is 31.3 Å². The van der Waals surface area contributed by atoms with Crippen molar-refractivity contribution in [1.29, 1.82) is 0 Å². The normalized spacial score (nSPS) is 18.0. The number of nitrogens with zero attached hydrogens (tertiary/aromatic N) is 2. The summed E-state index contributed by atoms with van der Waals surface area (Å²) in [5.74, 6) is 6.14. The number of piperidine rings is 1. The van der Waals surface area contributed by atoms with Crippen molar-refractivity contribution in [2.24, 2.45) is 5.90 Å². The maximum absolute atomic E-state index is 14.1. The molecule has 2 aliphatic rings. The molecule has 1 amide bonds. The molecule has 0 bridgehead atoms. The molecule has 4 rings (SSSR count). The average Bonchev–Trinajstić information content (AvgIpc) is 2.74. The van der Waals surface area contributed by atoms with Gasteiger partial charge in [-0.15, -0.1) is 0 Å². The maximum atomic E-state index is 14.1. The fraction of sp³-hybridized carbons (Fsp3) is 0.400. The Balaban J connectivity index is 1.45. The van der Waals surface area contributed by atoms with Crippen LogP contribution < -0.4 is 20.9 Å². The zero-order chi connectivity index (χ0) is 21.3. The van der Waals surface area contributed by atoms with E-state index in [9.17, 15) is 9.18 Å². The Labute approximate surface area is 183 Å². The van der Waals surface area contributed by atoms with Crippen LogP contribution in [0.3, 0.4) is 0 Å². The minimum absolute atomic E-state index is 0.185. The van der Waals surface area contributed by atoms with Crippen LogP contribution in [0.15, 0.2) is 24.4 Å². The summed E-state index contributed by atoms with van der Waals surface area (Å²) in [4.78, 5) is 23.3. The first-order chi connectivity index (χ1) is 14.4. The van der Waals surface area contributed by atoms with E-state index in [4.69, 9.17) is 38.7 Å². The summed E-state index contributed by atoms with van der Waals surface area (Å²) in [6.07, 6.45) is 3.44. The highest BCUT2D eigenvalue weighted by Crippen LogP contribution is 2.36. The van der Waals surface area contributed by atoms with Crippen LogP contribution in [0.4, 0.5) is 15.9 Å². The number of carbonyl (C=O) groups excluding carboxylic acids is 1. The molecule has 3 N–H and O–H groups in total. The number of ether oxygens (including phenoxy) is 1. The lowest BCUT2D eigenvalue weighted by molar-refractivity contribution is -0.116. The molecule has 0 atom stereocenters. The average molecular weight is 455 g/mol. The monoisotopic (exact) mass is 454 g/mol. The van der Waals surface area contributed by atoms with E-state index in [1.807, 2.05) is 4.90 Å². The van der Waals surface area contributed by atoms with Crippen molar-refractivity contribution in [3.05, 3.63) is 45.8 Å². The number of fused-ring (bicyclic) bond motifs is 1. The van der Waals surface area contributed by atoms with Crippen molar-refractivity contribution in [3.8, 4) is 5.75 Å². The predicted octanol–water partition coefficient (Wildman–Crippen LogP) is 3.72. The number of hydrogen-bond donors (Lipinski definition) is 2. The van der Waals surface area contributed by atoms with Gasteiger partial charge in [0.15, 0.2) is 0 Å². The second kappa shape index (κ2) is 8.55. The molecule has 0 aliphatic carbocycles. The molecule has 2 aliphatic heterocycles. The number of carbonyl (C=O) groups is 1. The van der Waals surface area contributed by atoms with Crippen LogP contribution in [0.25, 0.3) is 0 Å². The summed E-state index contributed by atoms with van der Waals surface area (Å²) in [6.45, 7) is 1.43. The van der Waals surface area contributed by atoms with Crippen molar-refractivity contribution >= 4 is 40.6 Å². The Bertz CT molecular complexity index is 967. The van der Waals surface area contributed by atoms with Gasteiger partial charge < -0.3 is 15.0 Å². The topological polar surface area (TPSA) is 89.7 Å². The Morgan fingerprint density at radius 1 is 1.27 bits per heavy atom. The molecular weight excluding hydrogens is 434 g/mol. The fourth-order valence-electron chi connectivity index (χ4n) is 3.83. The van der Waals surface area contributed by atoms with Crippen LogP contribution in [0.5, 0.6) is 5.75 Å². The van der Waals surface area contributed by atoms with Crippen LogP contribution in [0.1, 0.15) is 24.8 Å². The Hall–Kier alpha value is -2.13. The number of aromatic nitrogens is 1. The van der Waals surface area contributed by atoms with Gasteiger partial charge in [0.2, 0.25) is 5.91 Å². The summed E-state index contributed by atoms with van der Waals surface area (Å²) in [5, 5.41) is 3.54. The lowest BCUT2D eigenvalue weighted by Gasteiger charge is -2.40. The molecule has 1 aromatic carbocycles. The number of nitrogens with one attached hydrogen (secondary N) is 1. The van der Waals surface area contributed by atoms with Gasteiger partial charge in [-0.2, -0.15) is 0 Å². The van der Waals surface area contributed by atoms with Crippen molar-refractivity contribution in [3.63, 3.8) is 0 Å². The van der Waals surface area contributed by atoms with Gasteiger partial charge in [-0.25, -0.2) is 15.3 Å². The molecule has 1 aromatic heterocycles. The second-order valence-electron chi connectivity index (χ2n) is 7.48. The van der Waals surface area contributed by atoms with E-state index in [0.717, 1.165) is 0 Å². The van der Waals surface area contributed by atoms with Gasteiger partial charge in [0.25, 0.3) is 0 Å². The van der Waals surface area contributed by atoms with E-state index in [-0.39, 0.29) is 24.6 Å². The molecule has 3 heterocycles. The van der Waals surface area contributed by atoms with Gasteiger partial charge in [-0.3, -0.25) is 9.63 Å². The number of benzene rings is 1. The summed E-state index contributed by atoms with van der Waals surface area (Å²) in [7, 11) is 0. The van der Waals surface area contributed by atoms with Crippen molar-refractivity contribution in [2.75, 3.05) is 29.9 Å². The molecule has 30 heavy (non-hydrogen) atoms. The highest BCUT2D eigenvalue weighted by Gasteiger charge is 2.38. The highest BCUT2D eigenvalue weighted by molar-refractivity contribution is 6.36. The first-order valence-electron chi connectivity index (χ1n) is 9.59. The van der Waals surface area contributed by atoms with Gasteiger partial charge in [0.05, 0.1) is 15.7 Å². The lowest BCUT2D eigenvalue weighted by atomic mass is 9.92. The summed E-state index contributed by atoms with van der Waals surface area (Å²) < 4.78 is 20.1. The molecule has 0 radical (unpaired) electrons. The first kappa shape index (κ1) is 21.1. The zero-order valence-electron chi connectivity index (χ0n) is 16.1. The van der Waals surface area contributed by atoms with Gasteiger partial charge in [-0.1, -0.05) is 23.2 Å². The number of nitrogens with two attached hydrogens (primary N) is 1. The standard InChI is InChI=1S/C20H21Cl2FN4O3/c21-12-9-14(22)19(25-10-12)27-7-5-20(30-24,6-8-27)11-29-16-3-2-15(23)18-13(16)1-4-17(28)26-18/h2-3,9-10H,1,4-8,11,24H2,(H,26,28). The highest BCUT2D eigenvalue weighted by atomic mass is 35.5. The first-order valence-corrected chi connectivity index (χ1v) is 10.3. The third-order valence-corrected chi connectivity index (χ3v) is 6.07. The number of hydrogen-bond acceptors (Lipinski definition) is 6. The molecule has 0 spiro atoms. The van der Waals surface area contributed by atoms with Crippen LogP contribution in [0.2, 0.25) is 10.0 Å². The number of pyridine rings is 1. The summed E-state index contributed by atoms with van der Waals surface area (Å²) in [5.41, 5.74) is 0.135. The Kier molecular flexibility index (Phi) is 6.02. The predicted molar refractivity (Wildman–Crippen MR) is 113 cm³/mol. The second-order valence-corrected chi connectivity index (χ2v) is 8.33. The van der Waals surface area contributed by atoms with Gasteiger partial charge >= 0.3 is 0 Å². The number of halogens is 3. The molecule has 0 saturated carbocycles.